The van der Waals surface area contributed by atoms with E-state index in [1.165, 1.54) is 19.2 Å². The van der Waals surface area contributed by atoms with Gasteiger partial charge in [-0.25, -0.2) is 13.8 Å². The Morgan fingerprint density at radius 2 is 2.25 bits per heavy atom. The van der Waals surface area contributed by atoms with E-state index in [0.29, 0.717) is 11.8 Å². The molecule has 0 radical (unpaired) electrons. The molecule has 174 valence electrons. The van der Waals surface area contributed by atoms with Gasteiger partial charge in [0.05, 0.1) is 17.8 Å². The molecule has 0 aliphatic carbocycles. The maximum atomic E-state index is 15.9. The van der Waals surface area contributed by atoms with Crippen molar-refractivity contribution in [3.05, 3.63) is 55.8 Å². The van der Waals surface area contributed by atoms with Gasteiger partial charge in [-0.05, 0) is 6.07 Å². The van der Waals surface area contributed by atoms with Gasteiger partial charge in [-0.1, -0.05) is 23.7 Å². The minimum Gasteiger partial charge on any atom is -0.493 e. The molecule has 12 nitrogen and oxygen atoms in total. The summed E-state index contributed by atoms with van der Waals surface area (Å²) in [5.41, 5.74) is -2.13. The van der Waals surface area contributed by atoms with Gasteiger partial charge in [0.1, 0.15) is 23.8 Å². The zero-order valence-corrected chi connectivity index (χ0v) is 17.6. The molecule has 0 saturated carbocycles. The molecule has 1 fully saturated rings. The third-order valence-electron chi connectivity index (χ3n) is 4.48. The first-order chi connectivity index (χ1) is 16.2. The summed E-state index contributed by atoms with van der Waals surface area (Å²) in [7, 11) is -3.68. The molecule has 2 aliphatic heterocycles. The zero-order chi connectivity index (χ0) is 26.0. The molecule has 1 saturated heterocycles. The van der Waals surface area contributed by atoms with Crippen LogP contribution in [-0.4, -0.2) is 51.5 Å². The van der Waals surface area contributed by atoms with Crippen molar-refractivity contribution in [2.45, 2.75) is 30.9 Å². The van der Waals surface area contributed by atoms with Crippen LogP contribution < -0.4 is 20.5 Å². The highest BCUT2D eigenvalue weighted by Crippen LogP contribution is 2.57. The Labute approximate surface area is 187 Å². The van der Waals surface area contributed by atoms with Crippen molar-refractivity contribution in [1.29, 1.82) is 0 Å². The number of phosphoric ester groups is 1. The maximum Gasteiger partial charge on any atom is 0.530 e. The number of methoxy groups -OCH3 is 1. The molecule has 2 aliphatic rings. The van der Waals surface area contributed by atoms with Crippen molar-refractivity contribution in [2.75, 3.05) is 13.7 Å². The number of nitrogens with zero attached hydrogens (tertiary/aromatic N) is 1. The Balaban J connectivity index is 1.69. The van der Waals surface area contributed by atoms with Crippen LogP contribution in [0.25, 0.3) is 0 Å². The fourth-order valence-corrected chi connectivity index (χ4v) is 4.14. The van der Waals surface area contributed by atoms with E-state index in [9.17, 15) is 24.4 Å². The van der Waals surface area contributed by atoms with Crippen LogP contribution >= 0.6 is 19.4 Å². The van der Waals surface area contributed by atoms with Gasteiger partial charge in [-0.3, -0.25) is 23.4 Å². The number of fused-ring (bicyclic) bond motifs is 1. The first-order valence-corrected chi connectivity index (χ1v) is 10.6. The number of para-hydroxylation sites is 1. The number of nitrogens with one attached hydrogen (secondary N) is 1. The number of H-pyrrole nitrogens is 1. The van der Waals surface area contributed by atoms with Crippen LogP contribution in [0.2, 0.25) is 5.02 Å². The van der Waals surface area contributed by atoms with Crippen molar-refractivity contribution in [2.24, 2.45) is 0 Å². The van der Waals surface area contributed by atoms with Gasteiger partial charge in [0.25, 0.3) is 11.4 Å². The molecule has 0 bridgehead atoms. The van der Waals surface area contributed by atoms with Gasteiger partial charge in [0.2, 0.25) is 0 Å². The standard InChI is InChI=1S/C17H17ClFN2O10P/c1-27-10-4-2-3-8-6-28-32(26,31-12(8)10)29-7-17(19)13(23)11(22)15(30-17)21-5-9(18)14(24)20-16(21)25/h2-5,11,13,15,22-23H,6-7H2,1H3,(H,20,24,25)/t11-,13+,15-,17-,32?/m1/s1/i7D2,15D. The quantitative estimate of drug-likeness (QED) is 0.505. The van der Waals surface area contributed by atoms with Crippen molar-refractivity contribution < 1.29 is 46.3 Å². The molecule has 0 spiro atoms. The van der Waals surface area contributed by atoms with Gasteiger partial charge in [0.15, 0.2) is 17.7 Å². The van der Waals surface area contributed by atoms with E-state index in [1.54, 1.807) is 11.1 Å². The van der Waals surface area contributed by atoms with Gasteiger partial charge in [0, 0.05) is 11.8 Å². The summed E-state index contributed by atoms with van der Waals surface area (Å²) in [4.78, 5) is 25.3. The number of aromatic amines is 1. The topological polar surface area (TPSA) is 159 Å². The number of alkyl halides is 1. The van der Waals surface area contributed by atoms with E-state index in [1.807, 2.05) is 0 Å². The number of halogens is 2. The van der Waals surface area contributed by atoms with Crippen molar-refractivity contribution >= 4 is 19.4 Å². The third-order valence-corrected chi connectivity index (χ3v) is 5.92. The first-order valence-electron chi connectivity index (χ1n) is 10.3. The molecular formula is C17H17ClFN2O10P. The highest BCUT2D eigenvalue weighted by atomic mass is 35.5. The summed E-state index contributed by atoms with van der Waals surface area (Å²) in [6.07, 6.45) is -8.26. The molecule has 3 heterocycles. The highest BCUT2D eigenvalue weighted by molar-refractivity contribution is 7.49. The lowest BCUT2D eigenvalue weighted by atomic mass is 10.1. The second kappa shape index (κ2) is 8.27. The predicted octanol–water partition coefficient (Wildman–Crippen LogP) is 0.849. The fourth-order valence-electron chi connectivity index (χ4n) is 2.88. The van der Waals surface area contributed by atoms with Crippen molar-refractivity contribution in [1.82, 2.24) is 9.55 Å². The number of hydrogen-bond donors (Lipinski definition) is 3. The lowest BCUT2D eigenvalue weighted by Crippen LogP contribution is -2.43. The summed E-state index contributed by atoms with van der Waals surface area (Å²) in [5.74, 6) is -4.18. The summed E-state index contributed by atoms with van der Waals surface area (Å²) >= 11 is 5.63. The average Bonchev–Trinajstić information content (AvgIpc) is 2.97. The Morgan fingerprint density at radius 3 is 2.97 bits per heavy atom. The summed E-state index contributed by atoms with van der Waals surface area (Å²) in [5, 5.41) is 20.0. The van der Waals surface area contributed by atoms with Gasteiger partial charge in [-0.15, -0.1) is 0 Å². The van der Waals surface area contributed by atoms with Crippen molar-refractivity contribution in [3.8, 4) is 11.5 Å². The number of benzene rings is 1. The summed E-state index contributed by atoms with van der Waals surface area (Å²) < 4.78 is 77.9. The van der Waals surface area contributed by atoms with E-state index in [4.69, 9.17) is 38.8 Å². The lowest BCUT2D eigenvalue weighted by Gasteiger charge is -2.28. The van der Waals surface area contributed by atoms with Crippen LogP contribution in [0.3, 0.4) is 0 Å². The molecule has 0 amide bonds. The largest absolute Gasteiger partial charge is 0.530 e. The number of aliphatic hydroxyl groups excluding tert-OH is 2. The Hall–Kier alpha value is -2.25. The summed E-state index contributed by atoms with van der Waals surface area (Å²) in [6, 6.07) is 4.52. The number of aliphatic hydroxyl groups is 2. The number of rotatable bonds is 5. The van der Waals surface area contributed by atoms with E-state index >= 15 is 4.39 Å². The minimum atomic E-state index is -4.95. The van der Waals surface area contributed by atoms with Gasteiger partial charge in [-0.2, -0.15) is 0 Å². The predicted molar refractivity (Wildman–Crippen MR) is 104 cm³/mol. The average molecular weight is 498 g/mol. The molecule has 1 aromatic carbocycles. The van der Waals surface area contributed by atoms with Crippen molar-refractivity contribution in [3.63, 3.8) is 0 Å². The Morgan fingerprint density at radius 1 is 1.50 bits per heavy atom. The van der Waals surface area contributed by atoms with Crippen LogP contribution in [0.4, 0.5) is 4.39 Å². The van der Waals surface area contributed by atoms with Crippen LogP contribution in [0.5, 0.6) is 11.5 Å². The summed E-state index contributed by atoms with van der Waals surface area (Å²) in [6.45, 7) is -4.33. The first kappa shape index (κ1) is 19.2. The SMILES string of the molecule is [2H]C([2H])(OP1(=O)OCc2cccc(OC)c2O1)[C@@]1(F)O[C@@]([2H])(n2cc(Cl)c(=O)[nH]c2=O)[C@H](O)[C@@H]1O. The molecule has 3 N–H and O–H groups in total. The highest BCUT2D eigenvalue weighted by Gasteiger charge is 2.57. The van der Waals surface area contributed by atoms with Crippen LogP contribution in [0, 0.1) is 0 Å². The van der Waals surface area contributed by atoms with Gasteiger partial charge < -0.3 is 24.2 Å². The Kier molecular flexibility index (Phi) is 4.97. The van der Waals surface area contributed by atoms with E-state index in [-0.39, 0.29) is 16.1 Å². The second-order valence-electron chi connectivity index (χ2n) is 6.54. The molecule has 4 rings (SSSR count). The van der Waals surface area contributed by atoms with Crippen LogP contribution in [0.15, 0.2) is 34.0 Å². The minimum absolute atomic E-state index is 0.0808. The normalized spacial score (nSPS) is 35.8. The third kappa shape index (κ3) is 3.97. The smallest absolute Gasteiger partial charge is 0.493 e. The molecule has 32 heavy (non-hydrogen) atoms. The Bertz CT molecular complexity index is 1330. The molecular weight excluding hydrogens is 478 g/mol. The van der Waals surface area contributed by atoms with Gasteiger partial charge >= 0.3 is 13.5 Å². The molecule has 1 unspecified atom stereocenters. The number of aromatic nitrogens is 2. The molecule has 5 atom stereocenters. The molecule has 15 heteroatoms. The molecule has 1 aromatic heterocycles. The van der Waals surface area contributed by atoms with E-state index in [2.05, 4.69) is 0 Å². The van der Waals surface area contributed by atoms with Crippen LogP contribution in [-0.2, 0) is 25.0 Å². The fraction of sp³-hybridized carbons (Fsp3) is 0.412. The number of ether oxygens (including phenoxy) is 2. The maximum absolute atomic E-state index is 15.9. The van der Waals surface area contributed by atoms with E-state index in [0.717, 1.165) is 0 Å². The van der Waals surface area contributed by atoms with E-state index < -0.39 is 61.5 Å². The number of phosphoric acid groups is 1. The monoisotopic (exact) mass is 497 g/mol. The van der Waals surface area contributed by atoms with Crippen LogP contribution in [0.1, 0.15) is 15.9 Å². The second-order valence-corrected chi connectivity index (χ2v) is 8.46. The molecule has 2 aromatic rings. The number of hydrogen-bond acceptors (Lipinski definition) is 10. The zero-order valence-electron chi connectivity index (χ0n) is 19.0. The lowest BCUT2D eigenvalue weighted by molar-refractivity contribution is -0.205.